The highest BCUT2D eigenvalue weighted by molar-refractivity contribution is 5.92. The average molecular weight is 438 g/mol. The van der Waals surface area contributed by atoms with Crippen molar-refractivity contribution in [3.8, 4) is 0 Å². The summed E-state index contributed by atoms with van der Waals surface area (Å²) in [7, 11) is 0. The maximum absolute atomic E-state index is 13.4. The molecule has 1 amide bonds. The number of carbonyl (C=O) groups excluding carboxylic acids is 1. The molecule has 3 heterocycles. The number of aromatic nitrogens is 6. The van der Waals surface area contributed by atoms with Gasteiger partial charge in [-0.3, -0.25) is 9.78 Å². The van der Waals surface area contributed by atoms with Gasteiger partial charge in [-0.05, 0) is 54.5 Å². The first kappa shape index (κ1) is 20.7. The third-order valence-corrected chi connectivity index (χ3v) is 5.70. The number of amides is 1. The summed E-state index contributed by atoms with van der Waals surface area (Å²) in [5.74, 6) is -0.199. The molecule has 8 nitrogen and oxygen atoms in total. The maximum Gasteiger partial charge on any atom is 0.274 e. The molecule has 5 aromatic rings. The van der Waals surface area contributed by atoms with E-state index in [4.69, 9.17) is 0 Å². The molecule has 0 aliphatic carbocycles. The monoisotopic (exact) mass is 437 g/mol. The number of fused-ring (bicyclic) bond motifs is 3. The van der Waals surface area contributed by atoms with Crippen LogP contribution in [0.1, 0.15) is 38.3 Å². The molecule has 0 saturated heterocycles. The molecule has 0 saturated carbocycles. The summed E-state index contributed by atoms with van der Waals surface area (Å²) >= 11 is 0. The topological polar surface area (TPSA) is 89.2 Å². The van der Waals surface area contributed by atoms with Gasteiger partial charge in [-0.15, -0.1) is 5.10 Å². The molecule has 0 bridgehead atoms. The summed E-state index contributed by atoms with van der Waals surface area (Å²) in [6, 6.07) is 14.5. The van der Waals surface area contributed by atoms with Crippen molar-refractivity contribution in [2.45, 2.75) is 33.9 Å². The number of benzene rings is 2. The molecular formula is C25H23N7O. The fourth-order valence-electron chi connectivity index (χ4n) is 4.19. The molecule has 0 radical (unpaired) electrons. The summed E-state index contributed by atoms with van der Waals surface area (Å²) in [6.45, 7) is 6.92. The Balaban J connectivity index is 1.60. The first-order valence-electron chi connectivity index (χ1n) is 10.7. The Morgan fingerprint density at radius 2 is 1.79 bits per heavy atom. The van der Waals surface area contributed by atoms with E-state index in [1.807, 2.05) is 31.2 Å². The Labute approximate surface area is 190 Å². The molecule has 164 valence electrons. The lowest BCUT2D eigenvalue weighted by Crippen LogP contribution is -2.31. The van der Waals surface area contributed by atoms with Gasteiger partial charge in [-0.1, -0.05) is 41.5 Å². The number of aryl methyl sites for hydroxylation is 3. The number of nitrogens with zero attached hydrogens (tertiary/aromatic N) is 7. The van der Waals surface area contributed by atoms with Crippen molar-refractivity contribution in [3.63, 3.8) is 0 Å². The van der Waals surface area contributed by atoms with Gasteiger partial charge in [-0.2, -0.15) is 4.52 Å². The molecule has 0 spiro atoms. The van der Waals surface area contributed by atoms with Crippen molar-refractivity contribution < 1.29 is 4.79 Å². The van der Waals surface area contributed by atoms with Gasteiger partial charge in [0.25, 0.3) is 5.91 Å². The Morgan fingerprint density at radius 3 is 2.55 bits per heavy atom. The predicted molar refractivity (Wildman–Crippen MR) is 125 cm³/mol. The van der Waals surface area contributed by atoms with Gasteiger partial charge in [0.15, 0.2) is 5.65 Å². The van der Waals surface area contributed by atoms with Crippen molar-refractivity contribution >= 4 is 22.5 Å². The molecule has 5 rings (SSSR count). The third kappa shape index (κ3) is 4.03. The highest BCUT2D eigenvalue weighted by atomic mass is 16.2. The van der Waals surface area contributed by atoms with Gasteiger partial charge in [0, 0.05) is 29.9 Å². The molecular weight excluding hydrogens is 414 g/mol. The number of carbonyl (C=O) groups is 1. The van der Waals surface area contributed by atoms with E-state index in [0.29, 0.717) is 24.4 Å². The van der Waals surface area contributed by atoms with E-state index in [9.17, 15) is 4.79 Å². The first-order chi connectivity index (χ1) is 16.0. The summed E-state index contributed by atoms with van der Waals surface area (Å²) in [4.78, 5) is 23.5. The normalized spacial score (nSPS) is 11.2. The van der Waals surface area contributed by atoms with Crippen LogP contribution in [0.2, 0.25) is 0 Å². The molecule has 0 fully saturated rings. The van der Waals surface area contributed by atoms with E-state index in [-0.39, 0.29) is 5.91 Å². The molecule has 0 aliphatic rings. The summed E-state index contributed by atoms with van der Waals surface area (Å²) in [5, 5.41) is 13.5. The second kappa shape index (κ2) is 8.38. The van der Waals surface area contributed by atoms with Crippen LogP contribution < -0.4 is 0 Å². The third-order valence-electron chi connectivity index (χ3n) is 5.70. The van der Waals surface area contributed by atoms with E-state index in [1.54, 1.807) is 15.6 Å². The van der Waals surface area contributed by atoms with Gasteiger partial charge < -0.3 is 4.90 Å². The predicted octanol–water partition coefficient (Wildman–Crippen LogP) is 3.84. The van der Waals surface area contributed by atoms with Gasteiger partial charge in [-0.25, -0.2) is 4.98 Å². The highest BCUT2D eigenvalue weighted by Crippen LogP contribution is 2.25. The molecule has 3 aromatic heterocycles. The largest absolute Gasteiger partial charge is 0.328 e. The van der Waals surface area contributed by atoms with E-state index < -0.39 is 0 Å². The van der Waals surface area contributed by atoms with Crippen molar-refractivity contribution in [2.75, 3.05) is 0 Å². The van der Waals surface area contributed by atoms with Crippen LogP contribution in [0.5, 0.6) is 0 Å². The summed E-state index contributed by atoms with van der Waals surface area (Å²) < 4.78 is 1.76. The van der Waals surface area contributed by atoms with Crippen LogP contribution in [-0.4, -0.2) is 40.8 Å². The van der Waals surface area contributed by atoms with Crippen molar-refractivity contribution in [3.05, 3.63) is 94.6 Å². The molecule has 0 atom stereocenters. The zero-order chi connectivity index (χ0) is 22.9. The molecule has 2 aromatic carbocycles. The quantitative estimate of drug-likeness (QED) is 0.415. The number of pyridine rings is 1. The van der Waals surface area contributed by atoms with Crippen LogP contribution in [0.25, 0.3) is 16.6 Å². The first-order valence-corrected chi connectivity index (χ1v) is 10.7. The standard InChI is InChI=1S/C25H23N7O/c1-16-4-6-19(7-5-16)14-31(25(33)22-13-26-8-9-27-22)15-21-12-20-11-17(2)10-18(3)23(20)32-24(21)28-29-30-32/h4-13H,14-15H2,1-3H3. The van der Waals surface area contributed by atoms with Crippen LogP contribution in [0.3, 0.4) is 0 Å². The van der Waals surface area contributed by atoms with Crippen molar-refractivity contribution in [1.29, 1.82) is 0 Å². The average Bonchev–Trinajstić information content (AvgIpc) is 3.30. The van der Waals surface area contributed by atoms with Crippen LogP contribution in [0, 0.1) is 20.8 Å². The minimum absolute atomic E-state index is 0.199. The lowest BCUT2D eigenvalue weighted by Gasteiger charge is -2.23. The summed E-state index contributed by atoms with van der Waals surface area (Å²) in [6.07, 6.45) is 4.58. The van der Waals surface area contributed by atoms with Gasteiger partial charge >= 0.3 is 0 Å². The van der Waals surface area contributed by atoms with Crippen molar-refractivity contribution in [2.24, 2.45) is 0 Å². The Hall–Kier alpha value is -4.20. The zero-order valence-corrected chi connectivity index (χ0v) is 18.7. The minimum atomic E-state index is -0.199. The van der Waals surface area contributed by atoms with Gasteiger partial charge in [0.2, 0.25) is 0 Å². The molecule has 8 heteroatoms. The number of tetrazole rings is 1. The van der Waals surface area contributed by atoms with Crippen LogP contribution in [-0.2, 0) is 13.1 Å². The van der Waals surface area contributed by atoms with Gasteiger partial charge in [0.05, 0.1) is 18.3 Å². The zero-order valence-electron chi connectivity index (χ0n) is 18.7. The second-order valence-corrected chi connectivity index (χ2v) is 8.34. The van der Waals surface area contributed by atoms with Crippen molar-refractivity contribution in [1.82, 2.24) is 34.9 Å². The van der Waals surface area contributed by atoms with E-state index in [2.05, 4.69) is 57.5 Å². The van der Waals surface area contributed by atoms with Crippen LogP contribution in [0.15, 0.2) is 61.1 Å². The van der Waals surface area contributed by atoms with Crippen LogP contribution in [0.4, 0.5) is 0 Å². The van der Waals surface area contributed by atoms with Gasteiger partial charge in [0.1, 0.15) is 5.69 Å². The van der Waals surface area contributed by atoms with E-state index in [0.717, 1.165) is 33.2 Å². The maximum atomic E-state index is 13.4. The minimum Gasteiger partial charge on any atom is -0.328 e. The Kier molecular flexibility index (Phi) is 5.26. The highest BCUT2D eigenvalue weighted by Gasteiger charge is 2.21. The molecule has 0 unspecified atom stereocenters. The Morgan fingerprint density at radius 1 is 0.970 bits per heavy atom. The fraction of sp³-hybridized carbons (Fsp3) is 0.200. The number of hydrogen-bond donors (Lipinski definition) is 0. The molecule has 33 heavy (non-hydrogen) atoms. The molecule has 0 N–H and O–H groups in total. The van der Waals surface area contributed by atoms with E-state index >= 15 is 0 Å². The smallest absolute Gasteiger partial charge is 0.274 e. The summed E-state index contributed by atoms with van der Waals surface area (Å²) in [5.41, 5.74) is 7.22. The Bertz CT molecular complexity index is 1460. The second-order valence-electron chi connectivity index (χ2n) is 8.34. The fourth-order valence-corrected chi connectivity index (χ4v) is 4.19. The van der Waals surface area contributed by atoms with Crippen LogP contribution >= 0.6 is 0 Å². The lowest BCUT2D eigenvalue weighted by atomic mass is 10.0. The number of rotatable bonds is 5. The van der Waals surface area contributed by atoms with E-state index in [1.165, 1.54) is 18.0 Å². The number of hydrogen-bond acceptors (Lipinski definition) is 6. The lowest BCUT2D eigenvalue weighted by molar-refractivity contribution is 0.0724. The molecule has 0 aliphatic heterocycles. The SMILES string of the molecule is Cc1ccc(CN(Cc2cc3cc(C)cc(C)c3n3nnnc23)C(=O)c2cnccn2)cc1.